The molecule has 0 amide bonds. The molecule has 0 saturated carbocycles. The largest absolute Gasteiger partial charge is 0.496 e. The normalized spacial score (nSPS) is 12.5. The van der Waals surface area contributed by atoms with E-state index in [9.17, 15) is 5.11 Å². The maximum atomic E-state index is 10.4. The van der Waals surface area contributed by atoms with E-state index in [0.29, 0.717) is 23.0 Å². The van der Waals surface area contributed by atoms with Gasteiger partial charge in [0, 0.05) is 16.8 Å². The van der Waals surface area contributed by atoms with Crippen LogP contribution in [0.3, 0.4) is 0 Å². The van der Waals surface area contributed by atoms with Crippen molar-refractivity contribution in [3.8, 4) is 5.75 Å². The monoisotopic (exact) mass is 302 g/mol. The van der Waals surface area contributed by atoms with Crippen molar-refractivity contribution < 1.29 is 14.3 Å². The maximum absolute atomic E-state index is 10.4. The Balaban J connectivity index is 1.89. The molecule has 2 aromatic carbocycles. The van der Waals surface area contributed by atoms with Crippen LogP contribution in [0.2, 0.25) is 5.02 Å². The molecule has 108 valence electrons. The summed E-state index contributed by atoms with van der Waals surface area (Å²) >= 11 is 6.01. The Labute approximate surface area is 127 Å². The summed E-state index contributed by atoms with van der Waals surface area (Å²) in [5.41, 5.74) is 1.61. The molecule has 1 N–H and O–H groups in total. The minimum absolute atomic E-state index is 0.379. The molecule has 0 fully saturated rings. The quantitative estimate of drug-likeness (QED) is 0.778. The molecule has 0 radical (unpaired) electrons. The van der Waals surface area contributed by atoms with Crippen LogP contribution in [0.4, 0.5) is 0 Å². The summed E-state index contributed by atoms with van der Waals surface area (Å²) in [7, 11) is 1.60. The summed E-state index contributed by atoms with van der Waals surface area (Å²) in [4.78, 5) is 0. The third-order valence-electron chi connectivity index (χ3n) is 3.43. The van der Waals surface area contributed by atoms with E-state index in [1.54, 1.807) is 25.3 Å². The number of aliphatic hydroxyl groups excluding tert-OH is 1. The molecule has 0 bridgehead atoms. The maximum Gasteiger partial charge on any atom is 0.134 e. The van der Waals surface area contributed by atoms with Crippen LogP contribution in [-0.4, -0.2) is 12.2 Å². The number of hydrogen-bond donors (Lipinski definition) is 1. The highest BCUT2D eigenvalue weighted by atomic mass is 35.5. The first-order chi connectivity index (χ1) is 10.2. The Morgan fingerprint density at radius 1 is 1.19 bits per heavy atom. The number of ether oxygens (including phenoxy) is 1. The van der Waals surface area contributed by atoms with E-state index in [4.69, 9.17) is 20.8 Å². The van der Waals surface area contributed by atoms with Gasteiger partial charge in [-0.05, 0) is 35.9 Å². The van der Waals surface area contributed by atoms with Crippen molar-refractivity contribution in [3.05, 3.63) is 64.9 Å². The van der Waals surface area contributed by atoms with Gasteiger partial charge in [-0.25, -0.2) is 0 Å². The predicted molar refractivity (Wildman–Crippen MR) is 82.9 cm³/mol. The molecule has 1 aromatic heterocycles. The van der Waals surface area contributed by atoms with Crippen molar-refractivity contribution >= 4 is 22.6 Å². The van der Waals surface area contributed by atoms with Crippen molar-refractivity contribution in [2.45, 2.75) is 12.5 Å². The fourth-order valence-corrected chi connectivity index (χ4v) is 2.58. The molecule has 0 aliphatic carbocycles. The number of rotatable bonds is 4. The lowest BCUT2D eigenvalue weighted by atomic mass is 10.0. The van der Waals surface area contributed by atoms with Crippen LogP contribution >= 0.6 is 11.6 Å². The molecule has 3 nitrogen and oxygen atoms in total. The van der Waals surface area contributed by atoms with Crippen LogP contribution < -0.4 is 4.74 Å². The summed E-state index contributed by atoms with van der Waals surface area (Å²) in [6.45, 7) is 0. The van der Waals surface area contributed by atoms with Gasteiger partial charge in [0.2, 0.25) is 0 Å². The Bertz CT molecular complexity index is 731. The van der Waals surface area contributed by atoms with E-state index in [1.165, 1.54) is 0 Å². The van der Waals surface area contributed by atoms with Gasteiger partial charge in [-0.1, -0.05) is 29.8 Å². The van der Waals surface area contributed by atoms with Crippen LogP contribution in [0.15, 0.2) is 52.9 Å². The molecule has 1 unspecified atom stereocenters. The van der Waals surface area contributed by atoms with Crippen LogP contribution in [0.25, 0.3) is 11.0 Å². The van der Waals surface area contributed by atoms with E-state index < -0.39 is 6.10 Å². The van der Waals surface area contributed by atoms with Gasteiger partial charge in [-0.2, -0.15) is 0 Å². The van der Waals surface area contributed by atoms with Gasteiger partial charge in [0.1, 0.15) is 23.2 Å². The first-order valence-corrected chi connectivity index (χ1v) is 7.04. The second-order valence-corrected chi connectivity index (χ2v) is 5.30. The lowest BCUT2D eigenvalue weighted by Gasteiger charge is -2.12. The van der Waals surface area contributed by atoms with Crippen molar-refractivity contribution in [1.82, 2.24) is 0 Å². The highest BCUT2D eigenvalue weighted by Crippen LogP contribution is 2.30. The Kier molecular flexibility index (Phi) is 3.86. The van der Waals surface area contributed by atoms with Gasteiger partial charge < -0.3 is 14.3 Å². The average Bonchev–Trinajstić information content (AvgIpc) is 2.91. The lowest BCUT2D eigenvalue weighted by Crippen LogP contribution is -2.02. The van der Waals surface area contributed by atoms with E-state index in [1.807, 2.05) is 30.3 Å². The number of methoxy groups -OCH3 is 1. The molecule has 3 rings (SSSR count). The van der Waals surface area contributed by atoms with Gasteiger partial charge in [-0.15, -0.1) is 0 Å². The van der Waals surface area contributed by atoms with Crippen molar-refractivity contribution in [1.29, 1.82) is 0 Å². The van der Waals surface area contributed by atoms with E-state index >= 15 is 0 Å². The number of hydrogen-bond acceptors (Lipinski definition) is 3. The first-order valence-electron chi connectivity index (χ1n) is 6.66. The number of para-hydroxylation sites is 1. The molecule has 21 heavy (non-hydrogen) atoms. The fourth-order valence-electron chi connectivity index (χ4n) is 2.38. The first kappa shape index (κ1) is 14.0. The third kappa shape index (κ3) is 2.89. The molecule has 3 aromatic rings. The molecule has 0 aliphatic heterocycles. The predicted octanol–water partition coefficient (Wildman–Crippen LogP) is 4.37. The van der Waals surface area contributed by atoms with Gasteiger partial charge in [0.25, 0.3) is 0 Å². The molecule has 0 spiro atoms. The van der Waals surface area contributed by atoms with Crippen molar-refractivity contribution in [2.75, 3.05) is 7.11 Å². The second-order valence-electron chi connectivity index (χ2n) is 4.86. The molecule has 0 aliphatic rings. The Hall–Kier alpha value is -1.97. The summed E-state index contributed by atoms with van der Waals surface area (Å²) in [5, 5.41) is 12.0. The fraction of sp³-hybridized carbons (Fsp3) is 0.176. The van der Waals surface area contributed by atoms with Crippen LogP contribution in [0, 0.1) is 0 Å². The number of halogens is 1. The van der Waals surface area contributed by atoms with Crippen LogP contribution in [0.5, 0.6) is 5.75 Å². The molecule has 1 heterocycles. The minimum atomic E-state index is -0.746. The number of benzene rings is 2. The topological polar surface area (TPSA) is 42.6 Å². The molecule has 4 heteroatoms. The summed E-state index contributed by atoms with van der Waals surface area (Å²) < 4.78 is 11.0. The van der Waals surface area contributed by atoms with Gasteiger partial charge in [-0.3, -0.25) is 0 Å². The van der Waals surface area contributed by atoms with E-state index in [0.717, 1.165) is 16.5 Å². The highest BCUT2D eigenvalue weighted by Gasteiger charge is 2.16. The number of fused-ring (bicyclic) bond motifs is 1. The number of furan rings is 1. The van der Waals surface area contributed by atoms with Crippen LogP contribution in [0.1, 0.15) is 17.4 Å². The summed E-state index contributed by atoms with van der Waals surface area (Å²) in [6, 6.07) is 14.9. The standard InChI is InChI=1S/C17H15ClO3/c1-20-15-7-6-13(18)8-12(15)9-14(19)17-10-11-4-2-3-5-16(11)21-17/h2-8,10,14,19H,9H2,1H3. The molecule has 1 atom stereocenters. The summed E-state index contributed by atoms with van der Waals surface area (Å²) in [6.07, 6.45) is -0.367. The highest BCUT2D eigenvalue weighted by molar-refractivity contribution is 6.30. The molecule has 0 saturated heterocycles. The van der Waals surface area contributed by atoms with Crippen molar-refractivity contribution in [3.63, 3.8) is 0 Å². The van der Waals surface area contributed by atoms with Crippen molar-refractivity contribution in [2.24, 2.45) is 0 Å². The van der Waals surface area contributed by atoms with Gasteiger partial charge in [0.05, 0.1) is 7.11 Å². The van der Waals surface area contributed by atoms with E-state index in [-0.39, 0.29) is 0 Å². The Morgan fingerprint density at radius 2 is 2.00 bits per heavy atom. The summed E-state index contributed by atoms with van der Waals surface area (Å²) in [5.74, 6) is 1.24. The third-order valence-corrected chi connectivity index (χ3v) is 3.66. The molecular formula is C17H15ClO3. The Morgan fingerprint density at radius 3 is 2.76 bits per heavy atom. The van der Waals surface area contributed by atoms with Gasteiger partial charge >= 0.3 is 0 Å². The smallest absolute Gasteiger partial charge is 0.134 e. The van der Waals surface area contributed by atoms with Crippen LogP contribution in [-0.2, 0) is 6.42 Å². The SMILES string of the molecule is COc1ccc(Cl)cc1CC(O)c1cc2ccccc2o1. The zero-order valence-electron chi connectivity index (χ0n) is 11.5. The zero-order valence-corrected chi connectivity index (χ0v) is 12.3. The second kappa shape index (κ2) is 5.80. The molecular weight excluding hydrogens is 288 g/mol. The lowest BCUT2D eigenvalue weighted by molar-refractivity contribution is 0.151. The average molecular weight is 303 g/mol. The van der Waals surface area contributed by atoms with E-state index in [2.05, 4.69) is 0 Å². The zero-order chi connectivity index (χ0) is 14.8. The number of aliphatic hydroxyl groups is 1. The van der Waals surface area contributed by atoms with Gasteiger partial charge in [0.15, 0.2) is 0 Å². The minimum Gasteiger partial charge on any atom is -0.496 e.